The van der Waals surface area contributed by atoms with E-state index in [0.717, 1.165) is 0 Å². The van der Waals surface area contributed by atoms with Gasteiger partial charge in [0.15, 0.2) is 8.32 Å². The topological polar surface area (TPSA) is 102 Å². The van der Waals surface area contributed by atoms with E-state index in [1.54, 1.807) is 21.1 Å². The third-order valence-electron chi connectivity index (χ3n) is 6.59. The molecule has 10 heteroatoms. The van der Waals surface area contributed by atoms with Crippen LogP contribution in [0.3, 0.4) is 0 Å². The zero-order valence-corrected chi connectivity index (χ0v) is 24.2. The maximum absolute atomic E-state index is 11.8. The van der Waals surface area contributed by atoms with Crippen LogP contribution in [0.2, 0.25) is 18.1 Å². The predicted octanol–water partition coefficient (Wildman–Crippen LogP) is 4.50. The summed E-state index contributed by atoms with van der Waals surface area (Å²) in [5.74, 6) is -1.95. The normalized spacial score (nSPS) is 18.2. The molecule has 0 bridgehead atoms. The maximum atomic E-state index is 11.8. The highest BCUT2D eigenvalue weighted by Crippen LogP contribution is 2.39. The van der Waals surface area contributed by atoms with E-state index in [1.165, 1.54) is 7.11 Å². The minimum absolute atomic E-state index is 0.00455. The number of carboxylic acids is 1. The Morgan fingerprint density at radius 1 is 0.853 bits per heavy atom. The van der Waals surface area contributed by atoms with Crippen LogP contribution in [-0.4, -0.2) is 85.5 Å². The average molecular weight is 511 g/mol. The van der Waals surface area contributed by atoms with Gasteiger partial charge < -0.3 is 38.0 Å². The highest BCUT2D eigenvalue weighted by atomic mass is 28.4. The SMILES string of the molecule is COCO[C@@H]([C@@H](C)[C@H](C[C@H](C[C@@H](C)OCOC)O[Si](C)(C)C(C)(C)C)OCOC)[C@H](C)C(=O)O. The quantitative estimate of drug-likeness (QED) is 0.199. The summed E-state index contributed by atoms with van der Waals surface area (Å²) < 4.78 is 39.7. The van der Waals surface area contributed by atoms with Crippen LogP contribution in [-0.2, 0) is 37.6 Å². The molecule has 6 atom stereocenters. The van der Waals surface area contributed by atoms with Gasteiger partial charge in [-0.3, -0.25) is 4.79 Å². The summed E-state index contributed by atoms with van der Waals surface area (Å²) in [5.41, 5.74) is 0. The molecule has 1 N–H and O–H groups in total. The lowest BCUT2D eigenvalue weighted by Crippen LogP contribution is -2.47. The van der Waals surface area contributed by atoms with Crippen LogP contribution in [0.15, 0.2) is 0 Å². The molecule has 204 valence electrons. The first kappa shape index (κ1) is 33.4. The number of ether oxygens (including phenoxy) is 6. The van der Waals surface area contributed by atoms with Crippen molar-refractivity contribution in [3.8, 4) is 0 Å². The highest BCUT2D eigenvalue weighted by Gasteiger charge is 2.41. The average Bonchev–Trinajstić information content (AvgIpc) is 2.73. The van der Waals surface area contributed by atoms with E-state index in [9.17, 15) is 9.90 Å². The highest BCUT2D eigenvalue weighted by molar-refractivity contribution is 6.74. The van der Waals surface area contributed by atoms with Gasteiger partial charge in [-0.1, -0.05) is 27.7 Å². The Balaban J connectivity index is 5.91. The number of hydrogen-bond donors (Lipinski definition) is 1. The number of rotatable bonds is 19. The van der Waals surface area contributed by atoms with Crippen LogP contribution in [0.1, 0.15) is 54.4 Å². The number of methoxy groups -OCH3 is 3. The van der Waals surface area contributed by atoms with Crippen LogP contribution in [0.4, 0.5) is 0 Å². The van der Waals surface area contributed by atoms with Crippen molar-refractivity contribution in [2.24, 2.45) is 11.8 Å². The van der Waals surface area contributed by atoms with Gasteiger partial charge in [0.05, 0.1) is 24.2 Å². The van der Waals surface area contributed by atoms with Gasteiger partial charge in [-0.25, -0.2) is 0 Å². The fourth-order valence-corrected chi connectivity index (χ4v) is 4.89. The molecule has 0 amide bonds. The van der Waals surface area contributed by atoms with Crippen molar-refractivity contribution in [2.45, 2.75) is 96.9 Å². The fourth-order valence-electron chi connectivity index (χ4n) is 3.51. The van der Waals surface area contributed by atoms with E-state index in [0.29, 0.717) is 12.8 Å². The van der Waals surface area contributed by atoms with Crippen molar-refractivity contribution in [3.05, 3.63) is 0 Å². The van der Waals surface area contributed by atoms with Gasteiger partial charge in [-0.2, -0.15) is 0 Å². The second-order valence-electron chi connectivity index (χ2n) is 10.5. The molecule has 9 nitrogen and oxygen atoms in total. The molecule has 0 aliphatic rings. The molecule has 0 rings (SSSR count). The first-order chi connectivity index (χ1) is 15.7. The van der Waals surface area contributed by atoms with Crippen LogP contribution in [0.25, 0.3) is 0 Å². The monoisotopic (exact) mass is 510 g/mol. The van der Waals surface area contributed by atoms with Crippen molar-refractivity contribution in [1.29, 1.82) is 0 Å². The lowest BCUT2D eigenvalue weighted by atomic mass is 9.86. The molecule has 0 radical (unpaired) electrons. The Bertz CT molecular complexity index is 553. The molecule has 0 unspecified atom stereocenters. The Kier molecular flexibility index (Phi) is 15.9. The van der Waals surface area contributed by atoms with Crippen LogP contribution in [0.5, 0.6) is 0 Å². The molecule has 0 heterocycles. The van der Waals surface area contributed by atoms with E-state index in [1.807, 2.05) is 13.8 Å². The first-order valence-corrected chi connectivity index (χ1v) is 14.8. The Morgan fingerprint density at radius 3 is 1.82 bits per heavy atom. The summed E-state index contributed by atoms with van der Waals surface area (Å²) in [6.45, 7) is 16.9. The standard InChI is InChI=1S/C24H50O9Si/c1-17(30-14-27-7)12-20(33-34(10,11)24(4,5)6)13-21(31-15-28-8)18(2)22(32-16-29-9)19(3)23(25)26/h17-22H,12-16H2,1-11H3,(H,25,26)/t17-,18+,19+,20+,21+,22+/m1/s1. The molecular weight excluding hydrogens is 460 g/mol. The Labute approximate surface area is 207 Å². The first-order valence-electron chi connectivity index (χ1n) is 11.9. The van der Waals surface area contributed by atoms with Gasteiger partial charge in [0.2, 0.25) is 0 Å². The third kappa shape index (κ3) is 11.9. The second-order valence-corrected chi connectivity index (χ2v) is 15.2. The van der Waals surface area contributed by atoms with E-state index in [4.69, 9.17) is 32.8 Å². The maximum Gasteiger partial charge on any atom is 0.308 e. The van der Waals surface area contributed by atoms with Crippen molar-refractivity contribution in [2.75, 3.05) is 41.7 Å². The molecule has 0 saturated heterocycles. The van der Waals surface area contributed by atoms with Crippen molar-refractivity contribution in [3.63, 3.8) is 0 Å². The lowest BCUT2D eigenvalue weighted by molar-refractivity contribution is -0.172. The number of hydrogen-bond acceptors (Lipinski definition) is 8. The van der Waals surface area contributed by atoms with E-state index in [-0.39, 0.29) is 49.6 Å². The van der Waals surface area contributed by atoms with E-state index in [2.05, 4.69) is 33.9 Å². The lowest BCUT2D eigenvalue weighted by Gasteiger charge is -2.41. The van der Waals surface area contributed by atoms with E-state index < -0.39 is 26.3 Å². The van der Waals surface area contributed by atoms with Gasteiger partial charge in [0, 0.05) is 33.4 Å². The minimum Gasteiger partial charge on any atom is -0.481 e. The molecule has 0 aromatic carbocycles. The van der Waals surface area contributed by atoms with Gasteiger partial charge in [-0.15, -0.1) is 0 Å². The molecule has 34 heavy (non-hydrogen) atoms. The number of carbonyl (C=O) groups is 1. The summed E-state index contributed by atoms with van der Waals surface area (Å²) in [6.07, 6.45) is -0.0560. The smallest absolute Gasteiger partial charge is 0.308 e. The summed E-state index contributed by atoms with van der Waals surface area (Å²) >= 11 is 0. The molecule has 0 aromatic heterocycles. The molecule has 0 spiro atoms. The summed E-state index contributed by atoms with van der Waals surface area (Å²) in [4.78, 5) is 11.8. The van der Waals surface area contributed by atoms with Crippen LogP contribution >= 0.6 is 0 Å². The van der Waals surface area contributed by atoms with Crippen molar-refractivity contribution in [1.82, 2.24) is 0 Å². The predicted molar refractivity (Wildman–Crippen MR) is 133 cm³/mol. The van der Waals surface area contributed by atoms with Crippen molar-refractivity contribution >= 4 is 14.3 Å². The summed E-state index contributed by atoms with van der Waals surface area (Å²) in [7, 11) is 2.56. The Morgan fingerprint density at radius 2 is 1.35 bits per heavy atom. The summed E-state index contributed by atoms with van der Waals surface area (Å²) in [5, 5.41) is 9.68. The zero-order valence-electron chi connectivity index (χ0n) is 23.2. The molecule has 0 aliphatic heterocycles. The summed E-state index contributed by atoms with van der Waals surface area (Å²) in [6, 6.07) is 0. The second kappa shape index (κ2) is 16.2. The number of aliphatic carboxylic acids is 1. The molecule has 0 aromatic rings. The van der Waals surface area contributed by atoms with E-state index >= 15 is 0 Å². The molecule has 0 fully saturated rings. The van der Waals surface area contributed by atoms with Gasteiger partial charge in [0.25, 0.3) is 0 Å². The fraction of sp³-hybridized carbons (Fsp3) is 0.958. The third-order valence-corrected chi connectivity index (χ3v) is 11.1. The van der Waals surface area contributed by atoms with Crippen molar-refractivity contribution < 1.29 is 42.7 Å². The van der Waals surface area contributed by atoms with Crippen LogP contribution < -0.4 is 0 Å². The van der Waals surface area contributed by atoms with Crippen LogP contribution in [0, 0.1) is 11.8 Å². The zero-order chi connectivity index (χ0) is 26.5. The Hall–Kier alpha value is -0.593. The van der Waals surface area contributed by atoms with Gasteiger partial charge in [0.1, 0.15) is 20.4 Å². The molecule has 0 saturated carbocycles. The van der Waals surface area contributed by atoms with Gasteiger partial charge >= 0.3 is 5.97 Å². The largest absolute Gasteiger partial charge is 0.481 e. The molecule has 0 aliphatic carbocycles. The number of carboxylic acid groups (broad SMARTS) is 1. The minimum atomic E-state index is -2.11. The molecular formula is C24H50O9Si. The van der Waals surface area contributed by atoms with Gasteiger partial charge in [-0.05, 0) is 44.8 Å².